The molecule has 2 aromatic rings. The molecule has 0 atom stereocenters. The summed E-state index contributed by atoms with van der Waals surface area (Å²) in [6.45, 7) is 0. The number of hydrogen-bond acceptors (Lipinski definition) is 4. The molecule has 17 heavy (non-hydrogen) atoms. The van der Waals surface area contributed by atoms with E-state index < -0.39 is 5.97 Å². The minimum absolute atomic E-state index is 0.129. The Morgan fingerprint density at radius 2 is 1.88 bits per heavy atom. The van der Waals surface area contributed by atoms with Gasteiger partial charge in [0.2, 0.25) is 11.8 Å². The molecule has 0 amide bonds. The topological polar surface area (TPSA) is 76.2 Å². The monoisotopic (exact) mass is 296 g/mol. The molecule has 0 aliphatic heterocycles. The molecule has 0 aliphatic carbocycles. The summed E-state index contributed by atoms with van der Waals surface area (Å²) >= 11 is 3.35. The zero-order valence-corrected chi connectivity index (χ0v) is 10.3. The van der Waals surface area contributed by atoms with Gasteiger partial charge < -0.3 is 9.52 Å². The lowest BCUT2D eigenvalue weighted by Crippen LogP contribution is -1.99. The standard InChI is InChI=1S/C11H9BrN2O3/c12-8-3-1-7(2-4-8)5-9-13-14-10(17-9)6-11(15)16/h1-4H,5-6H2,(H,15,16). The second-order valence-corrected chi connectivity index (χ2v) is 4.38. The number of nitrogens with zero attached hydrogens (tertiary/aromatic N) is 2. The van der Waals surface area contributed by atoms with Crippen molar-refractivity contribution < 1.29 is 14.3 Å². The number of carboxylic acid groups (broad SMARTS) is 1. The lowest BCUT2D eigenvalue weighted by molar-refractivity contribution is -0.136. The average molecular weight is 297 g/mol. The van der Waals surface area contributed by atoms with Crippen molar-refractivity contribution in [3.63, 3.8) is 0 Å². The van der Waals surface area contributed by atoms with Crippen molar-refractivity contribution in [2.24, 2.45) is 0 Å². The Balaban J connectivity index is 2.06. The number of hydrogen-bond donors (Lipinski definition) is 1. The Morgan fingerprint density at radius 1 is 1.24 bits per heavy atom. The SMILES string of the molecule is O=C(O)Cc1nnc(Cc2ccc(Br)cc2)o1. The summed E-state index contributed by atoms with van der Waals surface area (Å²) in [6.07, 6.45) is 0.257. The van der Waals surface area contributed by atoms with E-state index in [0.717, 1.165) is 10.0 Å². The molecule has 0 radical (unpaired) electrons. The summed E-state index contributed by atoms with van der Waals surface area (Å²) in [5.41, 5.74) is 1.03. The molecule has 1 heterocycles. The molecule has 0 fully saturated rings. The zero-order valence-electron chi connectivity index (χ0n) is 8.76. The third-order valence-electron chi connectivity index (χ3n) is 2.08. The van der Waals surface area contributed by atoms with E-state index in [2.05, 4.69) is 26.1 Å². The van der Waals surface area contributed by atoms with E-state index in [9.17, 15) is 4.79 Å². The summed E-state index contributed by atoms with van der Waals surface area (Å²) in [4.78, 5) is 10.4. The van der Waals surface area contributed by atoms with Crippen LogP contribution in [-0.4, -0.2) is 21.3 Å². The molecule has 6 heteroatoms. The van der Waals surface area contributed by atoms with Gasteiger partial charge in [0.15, 0.2) is 0 Å². The van der Waals surface area contributed by atoms with Gasteiger partial charge >= 0.3 is 5.97 Å². The van der Waals surface area contributed by atoms with Crippen molar-refractivity contribution in [3.05, 3.63) is 46.1 Å². The first-order chi connectivity index (χ1) is 8.13. The van der Waals surface area contributed by atoms with Crippen molar-refractivity contribution in [2.45, 2.75) is 12.8 Å². The summed E-state index contributed by atoms with van der Waals surface area (Å²) in [5, 5.41) is 16.0. The molecule has 88 valence electrons. The Morgan fingerprint density at radius 3 is 2.53 bits per heavy atom. The Hall–Kier alpha value is -1.69. The van der Waals surface area contributed by atoms with Crippen LogP contribution in [0.25, 0.3) is 0 Å². The van der Waals surface area contributed by atoms with Crippen LogP contribution in [-0.2, 0) is 17.6 Å². The second kappa shape index (κ2) is 5.09. The third kappa shape index (κ3) is 3.39. The molecule has 0 unspecified atom stereocenters. The van der Waals surface area contributed by atoms with Gasteiger partial charge in [-0.2, -0.15) is 0 Å². The minimum Gasteiger partial charge on any atom is -0.481 e. The van der Waals surface area contributed by atoms with Crippen LogP contribution >= 0.6 is 15.9 Å². The van der Waals surface area contributed by atoms with Crippen LogP contribution in [0.4, 0.5) is 0 Å². The maximum Gasteiger partial charge on any atom is 0.312 e. The van der Waals surface area contributed by atoms with E-state index >= 15 is 0 Å². The number of benzene rings is 1. The van der Waals surface area contributed by atoms with Gasteiger partial charge in [-0.05, 0) is 17.7 Å². The summed E-state index contributed by atoms with van der Waals surface area (Å²) in [5.74, 6) is -0.433. The minimum atomic E-state index is -0.983. The van der Waals surface area contributed by atoms with E-state index in [1.54, 1.807) is 0 Å². The van der Waals surface area contributed by atoms with E-state index in [1.165, 1.54) is 0 Å². The van der Waals surface area contributed by atoms with Crippen LogP contribution in [0.3, 0.4) is 0 Å². The third-order valence-corrected chi connectivity index (χ3v) is 2.61. The number of carboxylic acids is 1. The number of halogens is 1. The van der Waals surface area contributed by atoms with Crippen LogP contribution in [0.15, 0.2) is 33.2 Å². The predicted octanol–water partition coefficient (Wildman–Crippen LogP) is 2.05. The summed E-state index contributed by atoms with van der Waals surface area (Å²) in [7, 11) is 0. The van der Waals surface area contributed by atoms with Crippen LogP contribution in [0, 0.1) is 0 Å². The maximum atomic E-state index is 10.4. The summed E-state index contributed by atoms with van der Waals surface area (Å²) in [6, 6.07) is 7.71. The maximum absolute atomic E-state index is 10.4. The molecule has 0 aliphatic rings. The fourth-order valence-corrected chi connectivity index (χ4v) is 1.60. The highest BCUT2D eigenvalue weighted by Crippen LogP contribution is 2.13. The number of aliphatic carboxylic acids is 1. The van der Waals surface area contributed by atoms with Gasteiger partial charge in [0.05, 0.1) is 6.42 Å². The normalized spacial score (nSPS) is 10.4. The summed E-state index contributed by atoms with van der Waals surface area (Å²) < 4.78 is 6.21. The molecule has 0 bridgehead atoms. The van der Waals surface area contributed by atoms with Crippen LogP contribution in [0.2, 0.25) is 0 Å². The van der Waals surface area contributed by atoms with Crippen molar-refractivity contribution in [2.75, 3.05) is 0 Å². The van der Waals surface area contributed by atoms with Crippen molar-refractivity contribution in [1.82, 2.24) is 10.2 Å². The highest BCUT2D eigenvalue weighted by Gasteiger charge is 2.10. The van der Waals surface area contributed by atoms with Crippen LogP contribution < -0.4 is 0 Å². The van der Waals surface area contributed by atoms with Gasteiger partial charge in [-0.3, -0.25) is 4.79 Å². The van der Waals surface area contributed by atoms with Crippen LogP contribution in [0.5, 0.6) is 0 Å². The molecule has 1 aromatic heterocycles. The van der Waals surface area contributed by atoms with Gasteiger partial charge in [0.1, 0.15) is 6.42 Å². The molecule has 2 rings (SSSR count). The molecule has 1 N–H and O–H groups in total. The number of aromatic nitrogens is 2. The molecule has 1 aromatic carbocycles. The predicted molar refractivity (Wildman–Crippen MR) is 62.6 cm³/mol. The average Bonchev–Trinajstić information content (AvgIpc) is 2.68. The van der Waals surface area contributed by atoms with E-state index in [4.69, 9.17) is 9.52 Å². The zero-order chi connectivity index (χ0) is 12.3. The van der Waals surface area contributed by atoms with Crippen LogP contribution in [0.1, 0.15) is 17.3 Å². The number of carbonyl (C=O) groups is 1. The van der Waals surface area contributed by atoms with E-state index in [0.29, 0.717) is 12.3 Å². The van der Waals surface area contributed by atoms with Crippen molar-refractivity contribution >= 4 is 21.9 Å². The first-order valence-electron chi connectivity index (χ1n) is 4.91. The van der Waals surface area contributed by atoms with Gasteiger partial charge in [-0.25, -0.2) is 0 Å². The first-order valence-corrected chi connectivity index (χ1v) is 5.70. The Labute approximate surface area is 106 Å². The Bertz CT molecular complexity index is 522. The van der Waals surface area contributed by atoms with E-state index in [-0.39, 0.29) is 12.3 Å². The van der Waals surface area contributed by atoms with Gasteiger partial charge in [-0.1, -0.05) is 28.1 Å². The molecule has 0 spiro atoms. The molecule has 0 saturated heterocycles. The van der Waals surface area contributed by atoms with Gasteiger partial charge in [0, 0.05) is 4.47 Å². The largest absolute Gasteiger partial charge is 0.481 e. The van der Waals surface area contributed by atoms with Gasteiger partial charge in [0.25, 0.3) is 0 Å². The number of rotatable bonds is 4. The van der Waals surface area contributed by atoms with Gasteiger partial charge in [-0.15, -0.1) is 10.2 Å². The van der Waals surface area contributed by atoms with Crippen molar-refractivity contribution in [3.8, 4) is 0 Å². The smallest absolute Gasteiger partial charge is 0.312 e. The van der Waals surface area contributed by atoms with E-state index in [1.807, 2.05) is 24.3 Å². The first kappa shape index (κ1) is 11.8. The molecular weight excluding hydrogens is 288 g/mol. The molecular formula is C11H9BrN2O3. The fraction of sp³-hybridized carbons (Fsp3) is 0.182. The Kier molecular flexibility index (Phi) is 3.53. The lowest BCUT2D eigenvalue weighted by atomic mass is 10.1. The molecule has 5 nitrogen and oxygen atoms in total. The highest BCUT2D eigenvalue weighted by molar-refractivity contribution is 9.10. The quantitative estimate of drug-likeness (QED) is 0.934. The highest BCUT2D eigenvalue weighted by atomic mass is 79.9. The second-order valence-electron chi connectivity index (χ2n) is 3.46. The van der Waals surface area contributed by atoms with Crippen molar-refractivity contribution in [1.29, 1.82) is 0 Å². The lowest BCUT2D eigenvalue weighted by Gasteiger charge is -1.96. The fourth-order valence-electron chi connectivity index (χ4n) is 1.34. The molecule has 0 saturated carbocycles.